The fraction of sp³-hybridized carbons (Fsp3) is 0.595. The summed E-state index contributed by atoms with van der Waals surface area (Å²) in [5.74, 6) is 1.13. The molecule has 3 N–H and O–H groups in total. The summed E-state index contributed by atoms with van der Waals surface area (Å²) in [7, 11) is 0. The van der Waals surface area contributed by atoms with Crippen molar-refractivity contribution in [1.29, 1.82) is 0 Å². The number of hydrogen-bond donors (Lipinski definition) is 2. The number of nitrogens with zero attached hydrogens (tertiary/aromatic N) is 3. The zero-order valence-corrected chi connectivity index (χ0v) is 33.5. The number of hydrogen-bond acceptors (Lipinski definition) is 6. The first kappa shape index (κ1) is 44.3. The van der Waals surface area contributed by atoms with Crippen LogP contribution in [0.3, 0.4) is 0 Å². The van der Waals surface area contributed by atoms with E-state index in [4.69, 9.17) is 17.0 Å². The lowest BCUT2D eigenvalue weighted by Gasteiger charge is -2.42. The summed E-state index contributed by atoms with van der Waals surface area (Å²) in [5.41, 5.74) is 9.25. The maximum absolute atomic E-state index is 13.6. The first-order chi connectivity index (χ1) is 24.4. The summed E-state index contributed by atoms with van der Waals surface area (Å²) in [5, 5.41) is 2.61. The van der Waals surface area contributed by atoms with Gasteiger partial charge in [0.1, 0.15) is 17.4 Å². The van der Waals surface area contributed by atoms with Crippen molar-refractivity contribution in [3.8, 4) is 5.75 Å². The Bertz CT molecular complexity index is 1540. The number of carbonyl (C=O) groups is 1. The van der Waals surface area contributed by atoms with Gasteiger partial charge in [0.2, 0.25) is 0 Å². The zero-order chi connectivity index (χ0) is 39.4. The molecule has 5 unspecified atom stereocenters. The van der Waals surface area contributed by atoms with Gasteiger partial charge in [0.25, 0.3) is 5.91 Å². The minimum atomic E-state index is -4.55. The number of aliphatic imine (C=N–C) groups is 2. The second kappa shape index (κ2) is 19.9. The van der Waals surface area contributed by atoms with Crippen LogP contribution >= 0.6 is 0 Å². The Balaban J connectivity index is 2.79. The van der Waals surface area contributed by atoms with E-state index in [0.29, 0.717) is 36.4 Å². The van der Waals surface area contributed by atoms with E-state index in [1.54, 1.807) is 25.3 Å². The number of benzene rings is 1. The largest absolute Gasteiger partial charge is 0.493 e. The molecule has 5 atom stereocenters. The van der Waals surface area contributed by atoms with Crippen molar-refractivity contribution < 1.29 is 22.7 Å². The number of nitrogens with one attached hydrogen (secondary N) is 1. The van der Waals surface area contributed by atoms with Crippen LogP contribution in [-0.2, 0) is 0 Å². The molecule has 1 heterocycles. The Labute approximate surface area is 311 Å². The monoisotopic (exact) mass is 728 g/mol. The average Bonchev–Trinajstić information content (AvgIpc) is 3.10. The number of halogens is 3. The quantitative estimate of drug-likeness (QED) is 0.116. The van der Waals surface area contributed by atoms with Gasteiger partial charge >= 0.3 is 6.18 Å². The third-order valence-electron chi connectivity index (χ3n) is 10.5. The van der Waals surface area contributed by atoms with Crippen molar-refractivity contribution in [2.24, 2.45) is 38.9 Å². The third-order valence-corrected chi connectivity index (χ3v) is 10.5. The van der Waals surface area contributed by atoms with Crippen molar-refractivity contribution in [2.75, 3.05) is 6.61 Å². The minimum Gasteiger partial charge on any atom is -0.493 e. The molecule has 290 valence electrons. The molecular weight excluding hydrogens is 663 g/mol. The molecule has 0 bridgehead atoms. The van der Waals surface area contributed by atoms with E-state index in [1.165, 1.54) is 0 Å². The SMILES string of the molecule is C=C(N1C=CN=C(N)/C1=C(\c1ccc(C(=O)NC(/C=C(\C)C(F)(F)F)=N/C(C)CC)cc1OCC)C(C)CC)C(C)(CCC(C)CC)CC(C)CC. The first-order valence-corrected chi connectivity index (χ1v) is 19.0. The molecule has 1 aliphatic heterocycles. The summed E-state index contributed by atoms with van der Waals surface area (Å²) in [6.45, 7) is 27.1. The lowest BCUT2D eigenvalue weighted by molar-refractivity contribution is -0.0912. The minimum absolute atomic E-state index is 0.00452. The van der Waals surface area contributed by atoms with Gasteiger partial charge < -0.3 is 20.7 Å². The van der Waals surface area contributed by atoms with E-state index in [1.807, 2.05) is 26.1 Å². The van der Waals surface area contributed by atoms with E-state index in [0.717, 1.165) is 74.1 Å². The van der Waals surface area contributed by atoms with Gasteiger partial charge in [-0.25, -0.2) is 4.99 Å². The highest BCUT2D eigenvalue weighted by Crippen LogP contribution is 2.46. The molecule has 0 radical (unpaired) electrons. The van der Waals surface area contributed by atoms with Gasteiger partial charge in [-0.15, -0.1) is 0 Å². The predicted molar refractivity (Wildman–Crippen MR) is 211 cm³/mol. The van der Waals surface area contributed by atoms with Crippen LogP contribution in [0.15, 0.2) is 70.2 Å². The molecule has 0 fully saturated rings. The van der Waals surface area contributed by atoms with Gasteiger partial charge in [0.05, 0.1) is 12.3 Å². The van der Waals surface area contributed by atoms with Crippen molar-refractivity contribution in [2.45, 2.75) is 133 Å². The van der Waals surface area contributed by atoms with Crippen molar-refractivity contribution in [3.63, 3.8) is 0 Å². The molecule has 1 amide bonds. The number of ether oxygens (including phenoxy) is 1. The number of carbonyl (C=O) groups excluding carboxylic acids is 1. The van der Waals surface area contributed by atoms with Crippen LogP contribution in [0.5, 0.6) is 5.75 Å². The molecule has 10 heteroatoms. The second-order valence-corrected chi connectivity index (χ2v) is 14.7. The highest BCUT2D eigenvalue weighted by Gasteiger charge is 2.37. The maximum atomic E-state index is 13.6. The van der Waals surface area contributed by atoms with Gasteiger partial charge in [-0.05, 0) is 94.4 Å². The Hall–Kier alpha value is -3.82. The van der Waals surface area contributed by atoms with Gasteiger partial charge in [-0.1, -0.05) is 80.9 Å². The average molecular weight is 728 g/mol. The van der Waals surface area contributed by atoms with Gasteiger partial charge in [0, 0.05) is 46.3 Å². The smallest absolute Gasteiger partial charge is 0.412 e. The standard InChI is InChI=1S/C42H64F3N5O2/c1-13-27(6)20-21-41(12,26-28(7)14-2)32(11)50-23-22-47-39(46)38(50)37(29(8)15-3)34-19-18-33(25-35(34)52-17-5)40(51)49-36(48-31(10)16-4)24-30(9)42(43,44)45/h18-19,22-25,27-29,31H,11,13-17,20-21,26H2,1-10,12H3,(H2,46,47)(H,48,49,51)/b30-24+,38-37+. The lowest BCUT2D eigenvalue weighted by atomic mass is 9.73. The molecule has 0 aliphatic carbocycles. The van der Waals surface area contributed by atoms with Crippen LogP contribution in [0.1, 0.15) is 137 Å². The van der Waals surface area contributed by atoms with E-state index >= 15 is 0 Å². The number of amides is 1. The van der Waals surface area contributed by atoms with Crippen LogP contribution in [-0.4, -0.2) is 41.3 Å². The second-order valence-electron chi connectivity index (χ2n) is 14.7. The van der Waals surface area contributed by atoms with Gasteiger partial charge in [-0.3, -0.25) is 9.79 Å². The number of nitrogens with two attached hydrogens (primary N) is 1. The maximum Gasteiger partial charge on any atom is 0.412 e. The molecule has 0 aromatic heterocycles. The Morgan fingerprint density at radius 2 is 1.71 bits per heavy atom. The van der Waals surface area contributed by atoms with Crippen LogP contribution in [0.25, 0.3) is 5.57 Å². The first-order valence-electron chi connectivity index (χ1n) is 19.0. The van der Waals surface area contributed by atoms with E-state index < -0.39 is 17.7 Å². The zero-order valence-electron chi connectivity index (χ0n) is 33.5. The van der Waals surface area contributed by atoms with Gasteiger partial charge in [-0.2, -0.15) is 13.2 Å². The van der Waals surface area contributed by atoms with E-state index in [2.05, 4.69) is 68.7 Å². The Morgan fingerprint density at radius 1 is 1.06 bits per heavy atom. The summed E-state index contributed by atoms with van der Waals surface area (Å²) in [6.07, 6.45) is 6.54. The molecule has 2 rings (SSSR count). The molecule has 52 heavy (non-hydrogen) atoms. The Kier molecular flexibility index (Phi) is 16.9. The molecule has 0 spiro atoms. The van der Waals surface area contributed by atoms with Crippen LogP contribution in [0.4, 0.5) is 13.2 Å². The number of amidine groups is 2. The fourth-order valence-electron chi connectivity index (χ4n) is 6.17. The molecule has 1 aliphatic rings. The van der Waals surface area contributed by atoms with Crippen LogP contribution in [0, 0.1) is 23.2 Å². The molecular formula is C42H64F3N5O2. The Morgan fingerprint density at radius 3 is 2.27 bits per heavy atom. The number of allylic oxidation sites excluding steroid dienone is 3. The normalized spacial score (nSPS) is 18.6. The summed E-state index contributed by atoms with van der Waals surface area (Å²) >= 11 is 0. The molecule has 7 nitrogen and oxygen atoms in total. The fourth-order valence-corrected chi connectivity index (χ4v) is 6.17. The highest BCUT2D eigenvalue weighted by molar-refractivity contribution is 6.11. The molecule has 1 aromatic carbocycles. The molecule has 0 saturated carbocycles. The topological polar surface area (TPSA) is 92.3 Å². The number of rotatable bonds is 18. The van der Waals surface area contributed by atoms with Crippen LogP contribution in [0.2, 0.25) is 0 Å². The van der Waals surface area contributed by atoms with Gasteiger partial charge in [0.15, 0.2) is 0 Å². The molecule has 0 saturated heterocycles. The lowest BCUT2D eigenvalue weighted by Crippen LogP contribution is -2.37. The predicted octanol–water partition coefficient (Wildman–Crippen LogP) is 11.2. The highest BCUT2D eigenvalue weighted by atomic mass is 19.4. The summed E-state index contributed by atoms with van der Waals surface area (Å²) in [4.78, 5) is 24.6. The number of alkyl halides is 3. The van der Waals surface area contributed by atoms with Crippen molar-refractivity contribution in [1.82, 2.24) is 10.2 Å². The van der Waals surface area contributed by atoms with E-state index in [-0.39, 0.29) is 28.8 Å². The summed E-state index contributed by atoms with van der Waals surface area (Å²) in [6, 6.07) is 4.81. The van der Waals surface area contributed by atoms with Crippen molar-refractivity contribution >= 4 is 23.2 Å². The van der Waals surface area contributed by atoms with E-state index in [9.17, 15) is 18.0 Å². The third kappa shape index (κ3) is 11.9. The summed E-state index contributed by atoms with van der Waals surface area (Å²) < 4.78 is 46.5. The molecule has 1 aromatic rings. The van der Waals surface area contributed by atoms with Crippen molar-refractivity contribution in [3.05, 3.63) is 71.3 Å². The van der Waals surface area contributed by atoms with Crippen LogP contribution < -0.4 is 15.8 Å².